The molecule has 0 amide bonds. The highest BCUT2D eigenvalue weighted by Gasteiger charge is 2.30. The van der Waals surface area contributed by atoms with Crippen LogP contribution in [0, 0.1) is 10.1 Å². The number of hydrogen-bond acceptors (Lipinski definition) is 7. The topological polar surface area (TPSA) is 140 Å². The minimum Gasteiger partial charge on any atom is -0.451 e. The molecule has 0 spiro atoms. The number of nitrogens with zero attached hydrogens (tertiary/aromatic N) is 1. The highest BCUT2D eigenvalue weighted by atomic mass is 16.7. The summed E-state index contributed by atoms with van der Waals surface area (Å²) in [5.74, 6) is -0.725. The van der Waals surface area contributed by atoms with E-state index in [0.29, 0.717) is 5.75 Å². The number of non-ortho nitro benzene ring substituents is 1. The molecule has 1 atom stereocenters. The molecule has 6 N–H and O–H groups in total. The van der Waals surface area contributed by atoms with E-state index < -0.39 is 17.0 Å². The van der Waals surface area contributed by atoms with E-state index in [9.17, 15) is 10.1 Å². The second-order valence-corrected chi connectivity index (χ2v) is 3.87. The molecule has 8 nitrogen and oxygen atoms in total. The van der Waals surface area contributed by atoms with Gasteiger partial charge in [0.1, 0.15) is 5.79 Å². The Balaban J connectivity index is 2.14. The van der Waals surface area contributed by atoms with E-state index in [1.807, 2.05) is 0 Å². The fourth-order valence-electron chi connectivity index (χ4n) is 1.48. The molecule has 1 aliphatic heterocycles. The lowest BCUT2D eigenvalue weighted by Crippen LogP contribution is -2.60. The van der Waals surface area contributed by atoms with E-state index in [4.69, 9.17) is 26.7 Å². The highest BCUT2D eigenvalue weighted by Crippen LogP contribution is 2.38. The summed E-state index contributed by atoms with van der Waals surface area (Å²) in [6.07, 6.45) is -0.665. The summed E-state index contributed by atoms with van der Waals surface area (Å²) in [6.45, 7) is 0. The van der Waals surface area contributed by atoms with Crippen LogP contribution in [-0.2, 0) is 0 Å². The molecule has 1 heterocycles. The molecule has 1 unspecified atom stereocenters. The normalized spacial score (nSPS) is 18.2. The Kier molecular flexibility index (Phi) is 2.62. The molecule has 0 aliphatic carbocycles. The van der Waals surface area contributed by atoms with Gasteiger partial charge in [0.15, 0.2) is 11.5 Å². The molecule has 0 bridgehead atoms. The second kappa shape index (κ2) is 3.84. The number of nitro groups is 1. The number of ether oxygens (including phenoxy) is 2. The van der Waals surface area contributed by atoms with Gasteiger partial charge in [0.25, 0.3) is 5.69 Å². The SMILES string of the molecule is NC(N)(N)CC1Oc2ccc([N+](=O)[O-])cc2O1. The number of fused-ring (bicyclic) bond motifs is 1. The van der Waals surface area contributed by atoms with Crippen molar-refractivity contribution in [1.29, 1.82) is 0 Å². The van der Waals surface area contributed by atoms with Crippen LogP contribution in [-0.4, -0.2) is 17.0 Å². The number of hydrogen-bond donors (Lipinski definition) is 3. The Bertz CT molecular complexity index is 457. The predicted octanol–water partition coefficient (Wildman–Crippen LogP) is -0.388. The van der Waals surface area contributed by atoms with Gasteiger partial charge in [-0.1, -0.05) is 0 Å². The zero-order chi connectivity index (χ0) is 12.6. The molecule has 92 valence electrons. The number of nitrogens with two attached hydrogens (primary N) is 3. The van der Waals surface area contributed by atoms with Crippen LogP contribution >= 0.6 is 0 Å². The van der Waals surface area contributed by atoms with Gasteiger partial charge in [0.2, 0.25) is 6.29 Å². The number of rotatable bonds is 3. The summed E-state index contributed by atoms with van der Waals surface area (Å²) in [4.78, 5) is 10.0. The summed E-state index contributed by atoms with van der Waals surface area (Å²) < 4.78 is 10.6. The molecule has 1 aromatic carbocycles. The van der Waals surface area contributed by atoms with Gasteiger partial charge in [-0.2, -0.15) is 0 Å². The average molecular weight is 240 g/mol. The first-order chi connectivity index (χ1) is 7.85. The number of benzene rings is 1. The molecule has 17 heavy (non-hydrogen) atoms. The van der Waals surface area contributed by atoms with E-state index in [0.717, 1.165) is 0 Å². The first-order valence-electron chi connectivity index (χ1n) is 4.83. The van der Waals surface area contributed by atoms with Gasteiger partial charge in [-0.05, 0) is 6.07 Å². The lowest BCUT2D eigenvalue weighted by Gasteiger charge is -2.21. The molecule has 0 saturated carbocycles. The Morgan fingerprint density at radius 1 is 1.29 bits per heavy atom. The van der Waals surface area contributed by atoms with Crippen LogP contribution < -0.4 is 26.7 Å². The van der Waals surface area contributed by atoms with E-state index in [2.05, 4.69) is 0 Å². The smallest absolute Gasteiger partial charge is 0.273 e. The van der Waals surface area contributed by atoms with Crippen molar-refractivity contribution < 1.29 is 14.4 Å². The maximum atomic E-state index is 10.6. The van der Waals surface area contributed by atoms with Crippen molar-refractivity contribution in [2.75, 3.05) is 0 Å². The summed E-state index contributed by atoms with van der Waals surface area (Å²) in [7, 11) is 0. The van der Waals surface area contributed by atoms with Crippen LogP contribution in [0.4, 0.5) is 5.69 Å². The first kappa shape index (κ1) is 11.6. The molecular formula is C9H12N4O4. The van der Waals surface area contributed by atoms with Crippen LogP contribution in [0.25, 0.3) is 0 Å². The van der Waals surface area contributed by atoms with Crippen LogP contribution in [0.3, 0.4) is 0 Å². The van der Waals surface area contributed by atoms with Gasteiger partial charge in [0, 0.05) is 6.07 Å². The van der Waals surface area contributed by atoms with Gasteiger partial charge in [0.05, 0.1) is 17.4 Å². The zero-order valence-electron chi connectivity index (χ0n) is 8.83. The molecule has 2 rings (SSSR count). The monoisotopic (exact) mass is 240 g/mol. The van der Waals surface area contributed by atoms with Crippen molar-refractivity contribution >= 4 is 5.69 Å². The van der Waals surface area contributed by atoms with Gasteiger partial charge in [-0.15, -0.1) is 0 Å². The van der Waals surface area contributed by atoms with Gasteiger partial charge in [-0.3, -0.25) is 10.1 Å². The van der Waals surface area contributed by atoms with Gasteiger partial charge in [-0.25, -0.2) is 0 Å². The first-order valence-corrected chi connectivity index (χ1v) is 4.83. The van der Waals surface area contributed by atoms with Gasteiger partial charge < -0.3 is 26.7 Å². The second-order valence-electron chi connectivity index (χ2n) is 3.87. The third-order valence-corrected chi connectivity index (χ3v) is 2.18. The van der Waals surface area contributed by atoms with E-state index >= 15 is 0 Å². The molecule has 1 aromatic rings. The Hall–Kier alpha value is -1.90. The van der Waals surface area contributed by atoms with Crippen LogP contribution in [0.2, 0.25) is 0 Å². The highest BCUT2D eigenvalue weighted by molar-refractivity contribution is 5.50. The molecule has 0 saturated heterocycles. The van der Waals surface area contributed by atoms with Crippen molar-refractivity contribution in [2.24, 2.45) is 17.2 Å². The quantitative estimate of drug-likeness (QED) is 0.371. The molecule has 0 fully saturated rings. The standard InChI is InChI=1S/C9H12N4O4/c10-9(11,12)4-8-16-6-2-1-5(13(14)15)3-7(6)17-8/h1-3,8H,4,10-12H2. The molecule has 0 radical (unpaired) electrons. The molecular weight excluding hydrogens is 228 g/mol. The Morgan fingerprint density at radius 3 is 2.53 bits per heavy atom. The molecule has 1 aliphatic rings. The van der Waals surface area contributed by atoms with Crippen LogP contribution in [0.15, 0.2) is 18.2 Å². The minimum atomic E-state index is -1.42. The molecule has 8 heteroatoms. The maximum Gasteiger partial charge on any atom is 0.273 e. The summed E-state index contributed by atoms with van der Waals surface area (Å²) in [6, 6.07) is 4.06. The maximum absolute atomic E-state index is 10.6. The van der Waals surface area contributed by atoms with Crippen molar-refractivity contribution in [2.45, 2.75) is 18.5 Å². The van der Waals surface area contributed by atoms with E-state index in [1.165, 1.54) is 18.2 Å². The fraction of sp³-hybridized carbons (Fsp3) is 0.333. The lowest BCUT2D eigenvalue weighted by molar-refractivity contribution is -0.384. The summed E-state index contributed by atoms with van der Waals surface area (Å²) >= 11 is 0. The van der Waals surface area contributed by atoms with E-state index in [1.54, 1.807) is 0 Å². The van der Waals surface area contributed by atoms with Crippen molar-refractivity contribution in [3.05, 3.63) is 28.3 Å². The van der Waals surface area contributed by atoms with E-state index in [-0.39, 0.29) is 17.9 Å². The Morgan fingerprint density at radius 2 is 1.94 bits per heavy atom. The third-order valence-electron chi connectivity index (χ3n) is 2.18. The Labute approximate surface area is 96.4 Å². The van der Waals surface area contributed by atoms with Crippen molar-refractivity contribution in [3.8, 4) is 11.5 Å². The third kappa shape index (κ3) is 2.61. The van der Waals surface area contributed by atoms with Crippen LogP contribution in [0.1, 0.15) is 6.42 Å². The zero-order valence-corrected chi connectivity index (χ0v) is 8.83. The minimum absolute atomic E-state index is 0.0650. The average Bonchev–Trinajstić information content (AvgIpc) is 2.54. The van der Waals surface area contributed by atoms with Gasteiger partial charge >= 0.3 is 0 Å². The lowest BCUT2D eigenvalue weighted by atomic mass is 10.3. The molecule has 0 aromatic heterocycles. The fourth-order valence-corrected chi connectivity index (χ4v) is 1.48. The number of nitro benzene ring substituents is 1. The van der Waals surface area contributed by atoms with Crippen molar-refractivity contribution in [1.82, 2.24) is 0 Å². The van der Waals surface area contributed by atoms with Crippen molar-refractivity contribution in [3.63, 3.8) is 0 Å². The van der Waals surface area contributed by atoms with Crippen LogP contribution in [0.5, 0.6) is 11.5 Å². The summed E-state index contributed by atoms with van der Waals surface area (Å²) in [5.41, 5.74) is 16.2. The summed E-state index contributed by atoms with van der Waals surface area (Å²) in [5, 5.41) is 10.6. The predicted molar refractivity (Wildman–Crippen MR) is 58.1 cm³/mol. The largest absolute Gasteiger partial charge is 0.451 e.